The molecule has 28 heavy (non-hydrogen) atoms. The van der Waals surface area contributed by atoms with E-state index in [1.54, 1.807) is 6.20 Å². The van der Waals surface area contributed by atoms with E-state index in [1.807, 2.05) is 29.2 Å². The van der Waals surface area contributed by atoms with Crippen molar-refractivity contribution in [3.63, 3.8) is 0 Å². The van der Waals surface area contributed by atoms with Gasteiger partial charge in [0, 0.05) is 37.6 Å². The number of hydrogen-bond donors (Lipinski definition) is 1. The average molecular weight is 399 g/mol. The summed E-state index contributed by atoms with van der Waals surface area (Å²) in [6.45, 7) is 4.13. The highest BCUT2D eigenvalue weighted by Gasteiger charge is 2.29. The standard InChI is InChI=1S/C22H27ClN4O/c1-16-15-26(21-20(23)7-4-12-24-21)13-14-27(16)22(28)25-19-10-8-18(9-11-19)17-5-2-3-6-17/h4,7-12,16-17H,2-3,5-6,13-15H2,1H3,(H,25,28)/t16-/m1/s1. The number of pyridine rings is 1. The lowest BCUT2D eigenvalue weighted by Crippen LogP contribution is -2.55. The van der Waals surface area contributed by atoms with E-state index in [0.717, 1.165) is 18.1 Å². The molecule has 1 atom stereocenters. The molecule has 6 heteroatoms. The maximum absolute atomic E-state index is 12.8. The van der Waals surface area contributed by atoms with Gasteiger partial charge in [-0.05, 0) is 55.5 Å². The molecule has 1 aromatic carbocycles. The largest absolute Gasteiger partial charge is 0.352 e. The fraction of sp³-hybridized carbons (Fsp3) is 0.455. The third-order valence-electron chi connectivity index (χ3n) is 5.92. The molecule has 0 radical (unpaired) electrons. The normalized spacial score (nSPS) is 20.4. The van der Waals surface area contributed by atoms with Crippen LogP contribution in [0.5, 0.6) is 0 Å². The summed E-state index contributed by atoms with van der Waals surface area (Å²) in [5.41, 5.74) is 2.25. The lowest BCUT2D eigenvalue weighted by atomic mass is 9.98. The molecule has 0 unspecified atom stereocenters. The zero-order valence-corrected chi connectivity index (χ0v) is 17.0. The monoisotopic (exact) mass is 398 g/mol. The molecule has 1 aliphatic carbocycles. The smallest absolute Gasteiger partial charge is 0.322 e. The second kappa shape index (κ2) is 8.39. The van der Waals surface area contributed by atoms with Crippen LogP contribution in [0.15, 0.2) is 42.6 Å². The molecule has 2 heterocycles. The molecule has 2 amide bonds. The van der Waals surface area contributed by atoms with Crippen molar-refractivity contribution in [3.05, 3.63) is 53.2 Å². The van der Waals surface area contributed by atoms with Crippen LogP contribution in [-0.4, -0.2) is 41.6 Å². The first kappa shape index (κ1) is 19.1. The molecule has 2 aromatic rings. The van der Waals surface area contributed by atoms with Gasteiger partial charge >= 0.3 is 6.03 Å². The summed E-state index contributed by atoms with van der Waals surface area (Å²) >= 11 is 6.27. The lowest BCUT2D eigenvalue weighted by molar-refractivity contribution is 0.184. The number of benzene rings is 1. The zero-order chi connectivity index (χ0) is 19.5. The van der Waals surface area contributed by atoms with Crippen LogP contribution in [0.25, 0.3) is 0 Å². The van der Waals surface area contributed by atoms with Gasteiger partial charge in [0.25, 0.3) is 0 Å². The number of carbonyl (C=O) groups excluding carboxylic acids is 1. The molecule has 0 bridgehead atoms. The minimum Gasteiger partial charge on any atom is -0.352 e. The third kappa shape index (κ3) is 4.09. The van der Waals surface area contributed by atoms with Crippen molar-refractivity contribution >= 4 is 29.1 Å². The number of carbonyl (C=O) groups is 1. The fourth-order valence-corrected chi connectivity index (χ4v) is 4.60. The Kier molecular flexibility index (Phi) is 5.72. The van der Waals surface area contributed by atoms with Crippen LogP contribution in [0, 0.1) is 0 Å². The molecule has 1 saturated heterocycles. The van der Waals surface area contributed by atoms with Gasteiger partial charge in [-0.15, -0.1) is 0 Å². The van der Waals surface area contributed by atoms with Crippen LogP contribution in [0.2, 0.25) is 5.02 Å². The van der Waals surface area contributed by atoms with Gasteiger partial charge in [0.2, 0.25) is 0 Å². The molecule has 1 saturated carbocycles. The molecular weight excluding hydrogens is 372 g/mol. The molecule has 0 spiro atoms. The summed E-state index contributed by atoms with van der Waals surface area (Å²) in [6, 6.07) is 12.1. The van der Waals surface area contributed by atoms with Crippen LogP contribution >= 0.6 is 11.6 Å². The van der Waals surface area contributed by atoms with Gasteiger partial charge in [-0.2, -0.15) is 0 Å². The molecule has 2 fully saturated rings. The average Bonchev–Trinajstić information content (AvgIpc) is 3.23. The Morgan fingerprint density at radius 3 is 2.57 bits per heavy atom. The van der Waals surface area contributed by atoms with Crippen molar-refractivity contribution in [2.75, 3.05) is 29.9 Å². The molecule has 4 rings (SSSR count). The van der Waals surface area contributed by atoms with Gasteiger partial charge in [-0.25, -0.2) is 9.78 Å². The number of rotatable bonds is 3. The van der Waals surface area contributed by atoms with Crippen molar-refractivity contribution in [3.8, 4) is 0 Å². The summed E-state index contributed by atoms with van der Waals surface area (Å²) < 4.78 is 0. The highest BCUT2D eigenvalue weighted by Crippen LogP contribution is 2.34. The Morgan fingerprint density at radius 1 is 1.14 bits per heavy atom. The van der Waals surface area contributed by atoms with Crippen LogP contribution in [0.1, 0.15) is 44.1 Å². The van der Waals surface area contributed by atoms with Crippen LogP contribution in [0.4, 0.5) is 16.3 Å². The Bertz CT molecular complexity index is 820. The first-order valence-corrected chi connectivity index (χ1v) is 10.5. The number of nitrogens with zero attached hydrogens (tertiary/aromatic N) is 3. The molecule has 1 aliphatic heterocycles. The number of halogens is 1. The van der Waals surface area contributed by atoms with E-state index in [1.165, 1.54) is 31.2 Å². The van der Waals surface area contributed by atoms with E-state index in [-0.39, 0.29) is 12.1 Å². The predicted octanol–water partition coefficient (Wildman–Crippen LogP) is 5.14. The number of nitrogens with one attached hydrogen (secondary N) is 1. The summed E-state index contributed by atoms with van der Waals surface area (Å²) in [5, 5.41) is 3.70. The van der Waals surface area contributed by atoms with Crippen LogP contribution < -0.4 is 10.2 Å². The van der Waals surface area contributed by atoms with Crippen molar-refractivity contribution < 1.29 is 4.79 Å². The van der Waals surface area contributed by atoms with Gasteiger partial charge in [0.05, 0.1) is 5.02 Å². The van der Waals surface area contributed by atoms with Crippen molar-refractivity contribution in [2.45, 2.75) is 44.6 Å². The summed E-state index contributed by atoms with van der Waals surface area (Å²) in [6.07, 6.45) is 6.98. The van der Waals surface area contributed by atoms with Gasteiger partial charge in [0.1, 0.15) is 5.82 Å². The SMILES string of the molecule is C[C@@H]1CN(c2ncccc2Cl)CCN1C(=O)Nc1ccc(C2CCCC2)cc1. The van der Waals surface area contributed by atoms with E-state index >= 15 is 0 Å². The maximum Gasteiger partial charge on any atom is 0.322 e. The Balaban J connectivity index is 1.36. The van der Waals surface area contributed by atoms with Gasteiger partial charge < -0.3 is 15.1 Å². The molecule has 2 aliphatic rings. The first-order chi connectivity index (χ1) is 13.6. The first-order valence-electron chi connectivity index (χ1n) is 10.1. The minimum absolute atomic E-state index is 0.0483. The highest BCUT2D eigenvalue weighted by molar-refractivity contribution is 6.32. The van der Waals surface area contributed by atoms with E-state index in [0.29, 0.717) is 24.0 Å². The highest BCUT2D eigenvalue weighted by atomic mass is 35.5. The van der Waals surface area contributed by atoms with Crippen LogP contribution in [-0.2, 0) is 0 Å². The molecule has 148 valence electrons. The van der Waals surface area contributed by atoms with Gasteiger partial charge in [0.15, 0.2) is 0 Å². The van der Waals surface area contributed by atoms with Crippen molar-refractivity contribution in [1.82, 2.24) is 9.88 Å². The summed E-state index contributed by atoms with van der Waals surface area (Å²) in [7, 11) is 0. The lowest BCUT2D eigenvalue weighted by Gasteiger charge is -2.40. The number of aromatic nitrogens is 1. The van der Waals surface area contributed by atoms with E-state index in [4.69, 9.17) is 11.6 Å². The second-order valence-electron chi connectivity index (χ2n) is 7.83. The van der Waals surface area contributed by atoms with Gasteiger partial charge in [-0.1, -0.05) is 36.6 Å². The van der Waals surface area contributed by atoms with Crippen LogP contribution in [0.3, 0.4) is 0 Å². The van der Waals surface area contributed by atoms with E-state index in [9.17, 15) is 4.79 Å². The van der Waals surface area contributed by atoms with Gasteiger partial charge in [-0.3, -0.25) is 0 Å². The number of anilines is 2. The molecule has 1 aromatic heterocycles. The number of hydrogen-bond acceptors (Lipinski definition) is 3. The predicted molar refractivity (Wildman–Crippen MR) is 114 cm³/mol. The molecular formula is C22H27ClN4O. The quantitative estimate of drug-likeness (QED) is 0.779. The Morgan fingerprint density at radius 2 is 1.89 bits per heavy atom. The van der Waals surface area contributed by atoms with Crippen molar-refractivity contribution in [1.29, 1.82) is 0 Å². The fourth-order valence-electron chi connectivity index (χ4n) is 4.35. The number of piperazine rings is 1. The minimum atomic E-state index is -0.0483. The zero-order valence-electron chi connectivity index (χ0n) is 16.3. The summed E-state index contributed by atoms with van der Waals surface area (Å²) in [5.74, 6) is 1.48. The molecule has 1 N–H and O–H groups in total. The summed E-state index contributed by atoms with van der Waals surface area (Å²) in [4.78, 5) is 21.2. The van der Waals surface area contributed by atoms with Crippen molar-refractivity contribution in [2.24, 2.45) is 0 Å². The second-order valence-corrected chi connectivity index (χ2v) is 8.24. The maximum atomic E-state index is 12.8. The van der Waals surface area contributed by atoms with E-state index in [2.05, 4.69) is 34.3 Å². The van der Waals surface area contributed by atoms with E-state index < -0.39 is 0 Å². The topological polar surface area (TPSA) is 48.5 Å². The molecule has 5 nitrogen and oxygen atoms in total. The third-order valence-corrected chi connectivity index (χ3v) is 6.21. The number of amides is 2. The Hall–Kier alpha value is -2.27. The number of urea groups is 1. The Labute approximate surface area is 171 Å².